The highest BCUT2D eigenvalue weighted by molar-refractivity contribution is 4.88. The SMILES string of the molecule is COC1CNC(CNCC2(C)CCC2)C1. The number of rotatable bonds is 5. The lowest BCUT2D eigenvalue weighted by Gasteiger charge is -2.38. The van der Waals surface area contributed by atoms with Crippen molar-refractivity contribution in [3.05, 3.63) is 0 Å². The second-order valence-corrected chi connectivity index (χ2v) is 5.49. The largest absolute Gasteiger partial charge is 0.380 e. The molecule has 2 N–H and O–H groups in total. The Balaban J connectivity index is 1.58. The normalized spacial score (nSPS) is 34.0. The van der Waals surface area contributed by atoms with Gasteiger partial charge in [0.05, 0.1) is 6.10 Å². The summed E-state index contributed by atoms with van der Waals surface area (Å²) in [6, 6.07) is 0.610. The molecule has 0 amide bonds. The average molecular weight is 212 g/mol. The van der Waals surface area contributed by atoms with Crippen molar-refractivity contribution in [1.29, 1.82) is 0 Å². The molecule has 0 spiro atoms. The summed E-state index contributed by atoms with van der Waals surface area (Å²) in [4.78, 5) is 0. The van der Waals surface area contributed by atoms with E-state index in [0.717, 1.165) is 19.5 Å². The van der Waals surface area contributed by atoms with Crippen LogP contribution in [-0.2, 0) is 4.74 Å². The minimum atomic E-state index is 0.427. The van der Waals surface area contributed by atoms with E-state index >= 15 is 0 Å². The first-order valence-electron chi connectivity index (χ1n) is 6.19. The summed E-state index contributed by atoms with van der Waals surface area (Å²) in [7, 11) is 1.80. The van der Waals surface area contributed by atoms with Gasteiger partial charge in [0.2, 0.25) is 0 Å². The van der Waals surface area contributed by atoms with E-state index in [2.05, 4.69) is 17.6 Å². The second kappa shape index (κ2) is 4.81. The Morgan fingerprint density at radius 1 is 1.47 bits per heavy atom. The van der Waals surface area contributed by atoms with Crippen molar-refractivity contribution >= 4 is 0 Å². The Labute approximate surface area is 93.0 Å². The van der Waals surface area contributed by atoms with E-state index in [1.165, 1.54) is 25.8 Å². The first-order valence-corrected chi connectivity index (χ1v) is 6.19. The maximum atomic E-state index is 5.33. The zero-order chi connectivity index (χ0) is 10.7. The van der Waals surface area contributed by atoms with Crippen molar-refractivity contribution < 1.29 is 4.74 Å². The van der Waals surface area contributed by atoms with Crippen LogP contribution in [0.1, 0.15) is 32.6 Å². The number of hydrogen-bond acceptors (Lipinski definition) is 3. The number of nitrogens with one attached hydrogen (secondary N) is 2. The van der Waals surface area contributed by atoms with E-state index < -0.39 is 0 Å². The van der Waals surface area contributed by atoms with Crippen LogP contribution in [0.5, 0.6) is 0 Å². The van der Waals surface area contributed by atoms with Gasteiger partial charge in [-0.1, -0.05) is 13.3 Å². The van der Waals surface area contributed by atoms with E-state index in [1.54, 1.807) is 7.11 Å². The Kier molecular flexibility index (Phi) is 3.65. The first-order chi connectivity index (χ1) is 7.22. The molecular formula is C12H24N2O. The molecule has 2 fully saturated rings. The van der Waals surface area contributed by atoms with Gasteiger partial charge in [0.15, 0.2) is 0 Å². The molecule has 1 heterocycles. The predicted octanol–water partition coefficient (Wildman–Crippen LogP) is 1.14. The molecule has 2 atom stereocenters. The van der Waals surface area contributed by atoms with E-state index in [4.69, 9.17) is 4.74 Å². The minimum Gasteiger partial charge on any atom is -0.380 e. The fraction of sp³-hybridized carbons (Fsp3) is 1.00. The smallest absolute Gasteiger partial charge is 0.0711 e. The molecule has 2 unspecified atom stereocenters. The molecule has 1 saturated heterocycles. The summed E-state index contributed by atoms with van der Waals surface area (Å²) in [6.45, 7) is 5.68. The van der Waals surface area contributed by atoms with Gasteiger partial charge in [-0.2, -0.15) is 0 Å². The second-order valence-electron chi connectivity index (χ2n) is 5.49. The highest BCUT2D eigenvalue weighted by Gasteiger charge is 2.31. The third kappa shape index (κ3) is 2.92. The Morgan fingerprint density at radius 3 is 2.80 bits per heavy atom. The van der Waals surface area contributed by atoms with Crippen molar-refractivity contribution in [3.63, 3.8) is 0 Å². The van der Waals surface area contributed by atoms with Gasteiger partial charge in [-0.05, 0) is 24.7 Å². The third-order valence-electron chi connectivity index (χ3n) is 4.02. The van der Waals surface area contributed by atoms with Crippen LogP contribution in [0.3, 0.4) is 0 Å². The Morgan fingerprint density at radius 2 is 2.27 bits per heavy atom. The van der Waals surface area contributed by atoms with Crippen LogP contribution in [0.25, 0.3) is 0 Å². The van der Waals surface area contributed by atoms with Gasteiger partial charge in [-0.15, -0.1) is 0 Å². The monoisotopic (exact) mass is 212 g/mol. The summed E-state index contributed by atoms with van der Waals surface area (Å²) in [5, 5.41) is 7.09. The summed E-state index contributed by atoms with van der Waals surface area (Å²) >= 11 is 0. The van der Waals surface area contributed by atoms with Gasteiger partial charge < -0.3 is 15.4 Å². The molecule has 0 radical (unpaired) electrons. The average Bonchev–Trinajstić information content (AvgIpc) is 2.63. The molecule has 88 valence electrons. The van der Waals surface area contributed by atoms with Crippen molar-refractivity contribution in [2.75, 3.05) is 26.7 Å². The summed E-state index contributed by atoms with van der Waals surface area (Å²) < 4.78 is 5.33. The molecule has 1 aliphatic carbocycles. The lowest BCUT2D eigenvalue weighted by Crippen LogP contribution is -2.42. The molecular weight excluding hydrogens is 188 g/mol. The zero-order valence-corrected chi connectivity index (χ0v) is 10.0. The van der Waals surface area contributed by atoms with E-state index in [9.17, 15) is 0 Å². The third-order valence-corrected chi connectivity index (χ3v) is 4.02. The van der Waals surface area contributed by atoms with Crippen LogP contribution in [0.4, 0.5) is 0 Å². The molecule has 0 aromatic heterocycles. The van der Waals surface area contributed by atoms with Gasteiger partial charge in [-0.25, -0.2) is 0 Å². The molecule has 1 saturated carbocycles. The molecule has 0 aromatic rings. The zero-order valence-electron chi connectivity index (χ0n) is 10.0. The number of ether oxygens (including phenoxy) is 1. The van der Waals surface area contributed by atoms with Gasteiger partial charge in [0, 0.05) is 32.8 Å². The molecule has 1 aliphatic heterocycles. The van der Waals surface area contributed by atoms with Gasteiger partial charge in [0.1, 0.15) is 0 Å². The maximum Gasteiger partial charge on any atom is 0.0711 e. The van der Waals surface area contributed by atoms with Crippen LogP contribution in [0.2, 0.25) is 0 Å². The van der Waals surface area contributed by atoms with Crippen LogP contribution in [0, 0.1) is 5.41 Å². The predicted molar refractivity (Wildman–Crippen MR) is 62.0 cm³/mol. The van der Waals surface area contributed by atoms with Crippen molar-refractivity contribution in [2.24, 2.45) is 5.41 Å². The summed E-state index contributed by atoms with van der Waals surface area (Å²) in [5.41, 5.74) is 0.596. The fourth-order valence-electron chi connectivity index (χ4n) is 2.62. The minimum absolute atomic E-state index is 0.427. The molecule has 3 heteroatoms. The topological polar surface area (TPSA) is 33.3 Å². The lowest BCUT2D eigenvalue weighted by molar-refractivity contribution is 0.116. The Hall–Kier alpha value is -0.120. The number of methoxy groups -OCH3 is 1. The van der Waals surface area contributed by atoms with Gasteiger partial charge >= 0.3 is 0 Å². The molecule has 2 aliphatic rings. The lowest BCUT2D eigenvalue weighted by atomic mass is 9.70. The van der Waals surface area contributed by atoms with Crippen LogP contribution in [-0.4, -0.2) is 38.9 Å². The standard InChI is InChI=1S/C12H24N2O/c1-12(4-3-5-12)9-13-7-10-6-11(15-2)8-14-10/h10-11,13-14H,3-9H2,1-2H3. The maximum absolute atomic E-state index is 5.33. The van der Waals surface area contributed by atoms with Crippen LogP contribution >= 0.6 is 0 Å². The van der Waals surface area contributed by atoms with E-state index in [-0.39, 0.29) is 0 Å². The van der Waals surface area contributed by atoms with Crippen LogP contribution < -0.4 is 10.6 Å². The highest BCUT2D eigenvalue weighted by Crippen LogP contribution is 2.39. The highest BCUT2D eigenvalue weighted by atomic mass is 16.5. The fourth-order valence-corrected chi connectivity index (χ4v) is 2.62. The number of hydrogen-bond donors (Lipinski definition) is 2. The molecule has 3 nitrogen and oxygen atoms in total. The van der Waals surface area contributed by atoms with Crippen molar-refractivity contribution in [1.82, 2.24) is 10.6 Å². The molecule has 2 rings (SSSR count). The first kappa shape index (κ1) is 11.4. The molecule has 15 heavy (non-hydrogen) atoms. The van der Waals surface area contributed by atoms with Crippen molar-refractivity contribution in [3.8, 4) is 0 Å². The van der Waals surface area contributed by atoms with Gasteiger partial charge in [0.25, 0.3) is 0 Å². The Bertz CT molecular complexity index is 204. The molecule has 0 bridgehead atoms. The summed E-state index contributed by atoms with van der Waals surface area (Å²) in [6.07, 6.45) is 5.81. The van der Waals surface area contributed by atoms with E-state index in [1.807, 2.05) is 0 Å². The summed E-state index contributed by atoms with van der Waals surface area (Å²) in [5.74, 6) is 0. The van der Waals surface area contributed by atoms with Crippen molar-refractivity contribution in [2.45, 2.75) is 44.8 Å². The van der Waals surface area contributed by atoms with E-state index in [0.29, 0.717) is 17.6 Å². The van der Waals surface area contributed by atoms with Crippen LogP contribution in [0.15, 0.2) is 0 Å². The molecule has 0 aromatic carbocycles. The van der Waals surface area contributed by atoms with Gasteiger partial charge in [-0.3, -0.25) is 0 Å². The quantitative estimate of drug-likeness (QED) is 0.717.